The van der Waals surface area contributed by atoms with E-state index in [0.717, 1.165) is 48.5 Å². The van der Waals surface area contributed by atoms with E-state index in [9.17, 15) is 4.79 Å². The SMILES string of the molecule is CC.Cc1cn2nc(-c3ccc4c(=O)n(C5CCN(C)CC5)cnc4c3)nc2c(C)n1. The van der Waals surface area contributed by atoms with Crippen molar-refractivity contribution in [1.82, 2.24) is 34.0 Å². The first-order chi connectivity index (χ1) is 15.0. The van der Waals surface area contributed by atoms with E-state index >= 15 is 0 Å². The molecule has 4 aromatic rings. The molecule has 1 aliphatic heterocycles. The van der Waals surface area contributed by atoms with E-state index in [2.05, 4.69) is 32.0 Å². The molecule has 0 atom stereocenters. The lowest BCUT2D eigenvalue weighted by Crippen LogP contribution is -2.35. The van der Waals surface area contributed by atoms with Crippen LogP contribution in [0, 0.1) is 13.8 Å². The first kappa shape index (κ1) is 21.1. The lowest BCUT2D eigenvalue weighted by molar-refractivity contribution is 0.218. The molecule has 8 nitrogen and oxygen atoms in total. The third-order valence-corrected chi connectivity index (χ3v) is 5.73. The molecule has 0 radical (unpaired) electrons. The topological polar surface area (TPSA) is 81.2 Å². The average Bonchev–Trinajstić information content (AvgIpc) is 3.20. The summed E-state index contributed by atoms with van der Waals surface area (Å²) in [4.78, 5) is 29.0. The molecule has 4 heterocycles. The molecule has 3 aromatic heterocycles. The molecule has 1 aliphatic rings. The van der Waals surface area contributed by atoms with Crippen LogP contribution in [-0.4, -0.2) is 54.2 Å². The lowest BCUT2D eigenvalue weighted by atomic mass is 10.0. The molecule has 31 heavy (non-hydrogen) atoms. The van der Waals surface area contributed by atoms with Crippen molar-refractivity contribution in [1.29, 1.82) is 0 Å². The van der Waals surface area contributed by atoms with E-state index in [1.807, 2.05) is 52.1 Å². The van der Waals surface area contributed by atoms with E-state index in [1.54, 1.807) is 15.4 Å². The molecule has 0 unspecified atom stereocenters. The highest BCUT2D eigenvalue weighted by atomic mass is 16.1. The molecule has 0 saturated carbocycles. The summed E-state index contributed by atoms with van der Waals surface area (Å²) in [7, 11) is 2.12. The third kappa shape index (κ3) is 3.95. The third-order valence-electron chi connectivity index (χ3n) is 5.73. The summed E-state index contributed by atoms with van der Waals surface area (Å²) >= 11 is 0. The maximum atomic E-state index is 13.0. The summed E-state index contributed by atoms with van der Waals surface area (Å²) in [5.41, 5.74) is 3.99. The zero-order chi connectivity index (χ0) is 22.1. The van der Waals surface area contributed by atoms with Crippen molar-refractivity contribution < 1.29 is 0 Å². The van der Waals surface area contributed by atoms with Gasteiger partial charge < -0.3 is 4.90 Å². The summed E-state index contributed by atoms with van der Waals surface area (Å²) < 4.78 is 3.55. The van der Waals surface area contributed by atoms with Crippen LogP contribution in [0.1, 0.15) is 44.1 Å². The molecule has 0 bridgehead atoms. The van der Waals surface area contributed by atoms with Crippen molar-refractivity contribution in [3.63, 3.8) is 0 Å². The number of aryl methyl sites for hydroxylation is 2. The van der Waals surface area contributed by atoms with Crippen LogP contribution in [0.3, 0.4) is 0 Å². The Bertz CT molecular complexity index is 1280. The van der Waals surface area contributed by atoms with Crippen molar-refractivity contribution in [3.05, 3.63) is 52.5 Å². The number of likely N-dealkylation sites (tertiary alicyclic amines) is 1. The van der Waals surface area contributed by atoms with Crippen LogP contribution >= 0.6 is 0 Å². The van der Waals surface area contributed by atoms with Gasteiger partial charge in [0.05, 0.1) is 34.8 Å². The van der Waals surface area contributed by atoms with E-state index in [0.29, 0.717) is 16.7 Å². The Morgan fingerprint density at radius 3 is 2.55 bits per heavy atom. The molecule has 1 fully saturated rings. The van der Waals surface area contributed by atoms with Crippen molar-refractivity contribution in [2.45, 2.75) is 46.6 Å². The minimum Gasteiger partial charge on any atom is -0.306 e. The summed E-state index contributed by atoms with van der Waals surface area (Å²) in [6.07, 6.45) is 5.50. The molecule has 0 aliphatic carbocycles. The van der Waals surface area contributed by atoms with Gasteiger partial charge in [0.1, 0.15) is 0 Å². The Morgan fingerprint density at radius 1 is 1.06 bits per heavy atom. The maximum Gasteiger partial charge on any atom is 0.261 e. The number of hydrogen-bond donors (Lipinski definition) is 0. The van der Waals surface area contributed by atoms with Crippen LogP contribution in [0.2, 0.25) is 0 Å². The second-order valence-electron chi connectivity index (χ2n) is 7.89. The van der Waals surface area contributed by atoms with E-state index in [-0.39, 0.29) is 11.6 Å². The van der Waals surface area contributed by atoms with Crippen molar-refractivity contribution in [3.8, 4) is 11.4 Å². The van der Waals surface area contributed by atoms with Gasteiger partial charge in [0, 0.05) is 11.6 Å². The maximum absolute atomic E-state index is 13.0. The molecule has 5 rings (SSSR count). The lowest BCUT2D eigenvalue weighted by Gasteiger charge is -2.30. The Morgan fingerprint density at radius 2 is 1.81 bits per heavy atom. The average molecular weight is 420 g/mol. The van der Waals surface area contributed by atoms with Gasteiger partial charge in [-0.25, -0.2) is 14.5 Å². The predicted molar refractivity (Wildman–Crippen MR) is 122 cm³/mol. The van der Waals surface area contributed by atoms with Gasteiger partial charge in [-0.15, -0.1) is 5.10 Å². The number of hydrogen-bond acceptors (Lipinski definition) is 6. The molecule has 1 aromatic carbocycles. The van der Waals surface area contributed by atoms with Crippen LogP contribution in [0.25, 0.3) is 27.9 Å². The van der Waals surface area contributed by atoms with Gasteiger partial charge in [0.2, 0.25) is 0 Å². The van der Waals surface area contributed by atoms with Crippen molar-refractivity contribution in [2.75, 3.05) is 20.1 Å². The van der Waals surface area contributed by atoms with Crippen molar-refractivity contribution in [2.24, 2.45) is 0 Å². The van der Waals surface area contributed by atoms with Gasteiger partial charge in [-0.3, -0.25) is 14.3 Å². The van der Waals surface area contributed by atoms with Crippen LogP contribution < -0.4 is 5.56 Å². The fourth-order valence-corrected chi connectivity index (χ4v) is 4.11. The van der Waals surface area contributed by atoms with E-state index in [4.69, 9.17) is 0 Å². The first-order valence-electron chi connectivity index (χ1n) is 10.9. The highest BCUT2D eigenvalue weighted by molar-refractivity contribution is 5.82. The number of rotatable bonds is 2. The summed E-state index contributed by atoms with van der Waals surface area (Å²) in [6, 6.07) is 5.84. The standard InChI is InChI=1S/C21H23N7O.C2H6/c1-13-11-28-20(14(2)23-13)24-19(25-28)15-4-5-17-18(10-15)22-12-27(21(17)29)16-6-8-26(3)9-7-16;1-2/h4-5,10-12,16H,6-9H2,1-3H3;1-2H3. The first-order valence-corrected chi connectivity index (χ1v) is 10.9. The van der Waals surface area contributed by atoms with Gasteiger partial charge in [-0.1, -0.05) is 19.9 Å². The number of nitrogens with zero attached hydrogens (tertiary/aromatic N) is 7. The van der Waals surface area contributed by atoms with Crippen LogP contribution in [0.15, 0.2) is 35.5 Å². The predicted octanol–water partition coefficient (Wildman–Crippen LogP) is 3.41. The Labute approximate surface area is 181 Å². The highest BCUT2D eigenvalue weighted by Gasteiger charge is 2.20. The van der Waals surface area contributed by atoms with Crippen LogP contribution in [-0.2, 0) is 0 Å². The fraction of sp³-hybridized carbons (Fsp3) is 0.435. The van der Waals surface area contributed by atoms with Crippen molar-refractivity contribution >= 4 is 16.6 Å². The second-order valence-corrected chi connectivity index (χ2v) is 7.89. The monoisotopic (exact) mass is 419 g/mol. The molecule has 1 saturated heterocycles. The molecule has 162 valence electrons. The van der Waals surface area contributed by atoms with Gasteiger partial charge in [-0.05, 0) is 59.0 Å². The normalized spacial score (nSPS) is 15.3. The van der Waals surface area contributed by atoms with Crippen LogP contribution in [0.4, 0.5) is 0 Å². The van der Waals surface area contributed by atoms with Gasteiger partial charge in [-0.2, -0.15) is 0 Å². The smallest absolute Gasteiger partial charge is 0.261 e. The zero-order valence-corrected chi connectivity index (χ0v) is 18.8. The quantitative estimate of drug-likeness (QED) is 0.495. The number of fused-ring (bicyclic) bond motifs is 2. The summed E-state index contributed by atoms with van der Waals surface area (Å²) in [6.45, 7) is 9.86. The summed E-state index contributed by atoms with van der Waals surface area (Å²) in [5.74, 6) is 0.601. The van der Waals surface area contributed by atoms with Gasteiger partial charge in [0.25, 0.3) is 5.56 Å². The Hall–Kier alpha value is -3.13. The number of aromatic nitrogens is 6. The minimum atomic E-state index is 0.0229. The van der Waals surface area contributed by atoms with E-state index in [1.165, 1.54) is 0 Å². The molecular weight excluding hydrogens is 390 g/mol. The fourth-order valence-electron chi connectivity index (χ4n) is 4.11. The zero-order valence-electron chi connectivity index (χ0n) is 18.8. The molecule has 0 amide bonds. The minimum absolute atomic E-state index is 0.0229. The molecular formula is C23H29N7O. The molecule has 0 N–H and O–H groups in total. The van der Waals surface area contributed by atoms with Gasteiger partial charge in [0.15, 0.2) is 11.5 Å². The largest absolute Gasteiger partial charge is 0.306 e. The van der Waals surface area contributed by atoms with Gasteiger partial charge >= 0.3 is 0 Å². The summed E-state index contributed by atoms with van der Waals surface area (Å²) in [5, 5.41) is 5.21. The highest BCUT2D eigenvalue weighted by Crippen LogP contribution is 2.23. The Kier molecular flexibility index (Phi) is 5.82. The number of benzene rings is 1. The Balaban J connectivity index is 0.00000112. The van der Waals surface area contributed by atoms with E-state index < -0.39 is 0 Å². The second kappa shape index (κ2) is 8.55. The molecule has 8 heteroatoms. The molecule has 0 spiro atoms. The van der Waals surface area contributed by atoms with Crippen LogP contribution in [0.5, 0.6) is 0 Å². The number of piperidine rings is 1.